The van der Waals surface area contributed by atoms with Crippen molar-refractivity contribution in [2.24, 2.45) is 0 Å². The number of anilines is 2. The largest absolute Gasteiger partial charge is 0.465 e. The van der Waals surface area contributed by atoms with E-state index in [9.17, 15) is 23.1 Å². The Morgan fingerprint density at radius 2 is 1.88 bits per heavy atom. The summed E-state index contributed by atoms with van der Waals surface area (Å²) in [7, 11) is -2.25. The molecule has 2 heterocycles. The summed E-state index contributed by atoms with van der Waals surface area (Å²) in [6.45, 7) is 0.558. The van der Waals surface area contributed by atoms with Crippen molar-refractivity contribution in [3.63, 3.8) is 0 Å². The van der Waals surface area contributed by atoms with Crippen molar-refractivity contribution in [2.75, 3.05) is 35.2 Å². The van der Waals surface area contributed by atoms with Gasteiger partial charge in [0, 0.05) is 18.7 Å². The number of carboxylic acid groups (broad SMARTS) is 1. The molecule has 0 spiro atoms. The number of amides is 1. The lowest BCUT2D eigenvalue weighted by atomic mass is 10.1. The van der Waals surface area contributed by atoms with Crippen LogP contribution in [0.4, 0.5) is 16.2 Å². The average Bonchev–Trinajstić information content (AvgIpc) is 2.97. The Morgan fingerprint density at radius 1 is 1.17 bits per heavy atom. The molecule has 1 saturated heterocycles. The third-order valence-corrected chi connectivity index (χ3v) is 6.20. The van der Waals surface area contributed by atoms with Crippen molar-refractivity contribution < 1.29 is 27.9 Å². The summed E-state index contributed by atoms with van der Waals surface area (Å²) in [4.78, 5) is 24.5. The van der Waals surface area contributed by atoms with Crippen LogP contribution in [0, 0.1) is 0 Å². The van der Waals surface area contributed by atoms with E-state index in [1.54, 1.807) is 0 Å². The van der Waals surface area contributed by atoms with Crippen molar-refractivity contribution in [1.82, 2.24) is 0 Å². The number of carbonyl (C=O) groups is 2. The van der Waals surface area contributed by atoms with Crippen LogP contribution in [0.2, 0.25) is 0 Å². The molecular formula is C15H18N2O6S. The highest BCUT2D eigenvalue weighted by molar-refractivity contribution is 7.92. The molecule has 9 heteroatoms. The van der Waals surface area contributed by atoms with Gasteiger partial charge in [-0.3, -0.25) is 9.21 Å². The minimum absolute atomic E-state index is 0.0485. The van der Waals surface area contributed by atoms with Gasteiger partial charge in [-0.25, -0.2) is 18.0 Å². The molecule has 1 aromatic carbocycles. The SMILES string of the molecule is COC(=O)c1cc2c(c(N3CCCCS3(=O)=O)c1)CCN2C(=O)O. The summed E-state index contributed by atoms with van der Waals surface area (Å²) in [6, 6.07) is 2.93. The van der Waals surface area contributed by atoms with Gasteiger partial charge in [0.25, 0.3) is 0 Å². The van der Waals surface area contributed by atoms with Crippen LogP contribution >= 0.6 is 0 Å². The number of nitrogens with zero attached hydrogens (tertiary/aromatic N) is 2. The summed E-state index contributed by atoms with van der Waals surface area (Å²) < 4.78 is 30.9. The highest BCUT2D eigenvalue weighted by atomic mass is 32.2. The van der Waals surface area contributed by atoms with Crippen molar-refractivity contribution >= 4 is 33.5 Å². The van der Waals surface area contributed by atoms with E-state index in [-0.39, 0.29) is 17.9 Å². The number of esters is 1. The molecule has 0 unspecified atom stereocenters. The molecule has 0 radical (unpaired) electrons. The van der Waals surface area contributed by atoms with Gasteiger partial charge in [0.1, 0.15) is 0 Å². The van der Waals surface area contributed by atoms with E-state index in [4.69, 9.17) is 4.74 Å². The van der Waals surface area contributed by atoms with Crippen LogP contribution < -0.4 is 9.21 Å². The molecule has 2 aliphatic rings. The number of hydrogen-bond acceptors (Lipinski definition) is 5. The molecule has 1 fully saturated rings. The molecule has 0 bridgehead atoms. The van der Waals surface area contributed by atoms with Gasteiger partial charge in [-0.15, -0.1) is 0 Å². The fraction of sp³-hybridized carbons (Fsp3) is 0.467. The van der Waals surface area contributed by atoms with Crippen LogP contribution in [0.3, 0.4) is 0 Å². The van der Waals surface area contributed by atoms with Gasteiger partial charge in [0.2, 0.25) is 10.0 Å². The summed E-state index contributed by atoms with van der Waals surface area (Å²) >= 11 is 0. The monoisotopic (exact) mass is 354 g/mol. The Kier molecular flexibility index (Phi) is 4.12. The predicted molar refractivity (Wildman–Crippen MR) is 87.2 cm³/mol. The van der Waals surface area contributed by atoms with Gasteiger partial charge in [0.15, 0.2) is 0 Å². The van der Waals surface area contributed by atoms with Gasteiger partial charge in [0.05, 0.1) is 29.8 Å². The van der Waals surface area contributed by atoms with Crippen LogP contribution in [0.15, 0.2) is 12.1 Å². The number of sulfonamides is 1. The Balaban J connectivity index is 2.18. The lowest BCUT2D eigenvalue weighted by Crippen LogP contribution is -2.38. The topological polar surface area (TPSA) is 104 Å². The lowest BCUT2D eigenvalue weighted by Gasteiger charge is -2.30. The van der Waals surface area contributed by atoms with Crippen LogP contribution in [0.1, 0.15) is 28.8 Å². The number of hydrogen-bond donors (Lipinski definition) is 1. The van der Waals surface area contributed by atoms with Gasteiger partial charge >= 0.3 is 12.1 Å². The first kappa shape index (κ1) is 16.6. The first-order valence-corrected chi connectivity index (χ1v) is 9.22. The van der Waals surface area contributed by atoms with E-state index in [2.05, 4.69) is 0 Å². The van der Waals surface area contributed by atoms with E-state index in [0.29, 0.717) is 36.3 Å². The molecule has 2 aliphatic heterocycles. The molecule has 3 rings (SSSR count). The molecule has 0 atom stereocenters. The zero-order valence-electron chi connectivity index (χ0n) is 13.2. The first-order chi connectivity index (χ1) is 11.3. The fourth-order valence-electron chi connectivity index (χ4n) is 3.20. The van der Waals surface area contributed by atoms with Crippen LogP contribution in [0.25, 0.3) is 0 Å². The quantitative estimate of drug-likeness (QED) is 0.806. The van der Waals surface area contributed by atoms with Crippen molar-refractivity contribution in [3.8, 4) is 0 Å². The van der Waals surface area contributed by atoms with E-state index >= 15 is 0 Å². The van der Waals surface area contributed by atoms with Gasteiger partial charge in [-0.1, -0.05) is 0 Å². The number of methoxy groups -OCH3 is 1. The average molecular weight is 354 g/mol. The third-order valence-electron chi connectivity index (χ3n) is 4.35. The standard InChI is InChI=1S/C15H18N2O6S/c1-23-14(18)10-8-12-11(4-6-16(12)15(19)20)13(9-10)17-5-2-3-7-24(17,21)22/h8-9H,2-7H2,1H3,(H,19,20). The second-order valence-electron chi connectivity index (χ2n) is 5.76. The Labute approximate surface area is 139 Å². The van der Waals surface area contributed by atoms with Crippen LogP contribution in [-0.4, -0.2) is 51.5 Å². The normalized spacial score (nSPS) is 19.0. The van der Waals surface area contributed by atoms with E-state index in [1.807, 2.05) is 0 Å². The first-order valence-electron chi connectivity index (χ1n) is 7.61. The number of ether oxygens (including phenoxy) is 1. The van der Waals surface area contributed by atoms with Crippen LogP contribution in [0.5, 0.6) is 0 Å². The fourth-order valence-corrected chi connectivity index (χ4v) is 4.86. The predicted octanol–water partition coefficient (Wildman–Crippen LogP) is 1.44. The number of benzene rings is 1. The molecule has 1 aromatic rings. The smallest absolute Gasteiger partial charge is 0.411 e. The molecule has 0 aliphatic carbocycles. The van der Waals surface area contributed by atoms with Crippen molar-refractivity contribution in [2.45, 2.75) is 19.3 Å². The van der Waals surface area contributed by atoms with E-state index in [0.717, 1.165) is 11.3 Å². The Morgan fingerprint density at radius 3 is 2.50 bits per heavy atom. The molecule has 0 saturated carbocycles. The zero-order chi connectivity index (χ0) is 17.5. The molecule has 1 amide bonds. The van der Waals surface area contributed by atoms with Gasteiger partial charge in [-0.2, -0.15) is 0 Å². The summed E-state index contributed by atoms with van der Waals surface area (Å²) in [5, 5.41) is 9.33. The highest BCUT2D eigenvalue weighted by Gasteiger charge is 2.34. The number of carbonyl (C=O) groups excluding carboxylic acids is 1. The Hall–Kier alpha value is -2.29. The zero-order valence-corrected chi connectivity index (χ0v) is 14.0. The summed E-state index contributed by atoms with van der Waals surface area (Å²) in [6.07, 6.45) is 0.589. The maximum atomic E-state index is 12.4. The van der Waals surface area contributed by atoms with E-state index < -0.39 is 22.1 Å². The summed E-state index contributed by atoms with van der Waals surface area (Å²) in [5.74, 6) is -0.585. The minimum atomic E-state index is -3.47. The maximum absolute atomic E-state index is 12.4. The highest BCUT2D eigenvalue weighted by Crippen LogP contribution is 2.39. The lowest BCUT2D eigenvalue weighted by molar-refractivity contribution is 0.0600. The van der Waals surface area contributed by atoms with Gasteiger partial charge in [-0.05, 0) is 31.4 Å². The second kappa shape index (κ2) is 5.97. The molecule has 1 N–H and O–H groups in total. The number of rotatable bonds is 2. The summed E-state index contributed by atoms with van der Waals surface area (Å²) in [5.41, 5.74) is 1.51. The maximum Gasteiger partial charge on any atom is 0.411 e. The molecule has 8 nitrogen and oxygen atoms in total. The molecule has 0 aromatic heterocycles. The molecular weight excluding hydrogens is 336 g/mol. The third kappa shape index (κ3) is 2.68. The second-order valence-corrected chi connectivity index (χ2v) is 7.78. The van der Waals surface area contributed by atoms with Crippen LogP contribution in [-0.2, 0) is 21.2 Å². The van der Waals surface area contributed by atoms with Gasteiger partial charge < -0.3 is 9.84 Å². The van der Waals surface area contributed by atoms with Crippen molar-refractivity contribution in [3.05, 3.63) is 23.3 Å². The minimum Gasteiger partial charge on any atom is -0.465 e. The molecule has 130 valence electrons. The Bertz CT molecular complexity index is 804. The van der Waals surface area contributed by atoms with E-state index in [1.165, 1.54) is 23.5 Å². The number of fused-ring (bicyclic) bond motifs is 1. The van der Waals surface area contributed by atoms with Crippen molar-refractivity contribution in [1.29, 1.82) is 0 Å². The molecule has 24 heavy (non-hydrogen) atoms.